The molecule has 5 nitrogen and oxygen atoms in total. The normalized spacial score (nSPS) is 9.42. The van der Waals surface area contributed by atoms with Gasteiger partial charge >= 0.3 is 6.03 Å². The van der Waals surface area contributed by atoms with E-state index in [9.17, 15) is 4.79 Å². The van der Waals surface area contributed by atoms with E-state index in [0.717, 1.165) is 17.1 Å². The van der Waals surface area contributed by atoms with Gasteiger partial charge < -0.3 is 20.1 Å². The molecule has 0 spiro atoms. The summed E-state index contributed by atoms with van der Waals surface area (Å²) in [7, 11) is 1.62. The third kappa shape index (κ3) is 5.58. The topological polar surface area (TPSA) is 59.6 Å². The van der Waals surface area contributed by atoms with Crippen molar-refractivity contribution in [3.05, 3.63) is 54.1 Å². The van der Waals surface area contributed by atoms with Gasteiger partial charge in [-0.15, -0.1) is 0 Å². The minimum absolute atomic E-state index is 0.259. The van der Waals surface area contributed by atoms with Crippen molar-refractivity contribution in [2.24, 2.45) is 0 Å². The first-order chi connectivity index (χ1) is 11.7. The molecular formula is C19H20N2O3. The zero-order valence-electron chi connectivity index (χ0n) is 13.8. The van der Waals surface area contributed by atoms with Crippen molar-refractivity contribution in [1.82, 2.24) is 5.32 Å². The average molecular weight is 324 g/mol. The van der Waals surface area contributed by atoms with Gasteiger partial charge in [-0.25, -0.2) is 4.79 Å². The molecule has 0 heterocycles. The number of methoxy groups -OCH3 is 1. The quantitative estimate of drug-likeness (QED) is 0.830. The van der Waals surface area contributed by atoms with Gasteiger partial charge in [0, 0.05) is 11.3 Å². The molecule has 0 aromatic heterocycles. The van der Waals surface area contributed by atoms with Crippen molar-refractivity contribution in [2.45, 2.75) is 6.92 Å². The van der Waals surface area contributed by atoms with Gasteiger partial charge in [-0.1, -0.05) is 11.8 Å². The van der Waals surface area contributed by atoms with Crippen molar-refractivity contribution >= 4 is 11.7 Å². The van der Waals surface area contributed by atoms with Crippen LogP contribution in [-0.2, 0) is 0 Å². The van der Waals surface area contributed by atoms with E-state index in [1.54, 1.807) is 19.2 Å². The van der Waals surface area contributed by atoms with Crippen molar-refractivity contribution < 1.29 is 14.3 Å². The van der Waals surface area contributed by atoms with Gasteiger partial charge in [0.15, 0.2) is 0 Å². The number of urea groups is 1. The van der Waals surface area contributed by atoms with Gasteiger partial charge in [0.2, 0.25) is 0 Å². The van der Waals surface area contributed by atoms with Gasteiger partial charge in [-0.2, -0.15) is 0 Å². The lowest BCUT2D eigenvalue weighted by Gasteiger charge is -2.07. The number of rotatable bonds is 5. The predicted molar refractivity (Wildman–Crippen MR) is 94.5 cm³/mol. The molecule has 24 heavy (non-hydrogen) atoms. The molecule has 0 fully saturated rings. The molecule has 2 rings (SSSR count). The molecular weight excluding hydrogens is 304 g/mol. The Morgan fingerprint density at radius 1 is 1.04 bits per heavy atom. The van der Waals surface area contributed by atoms with E-state index in [2.05, 4.69) is 22.5 Å². The number of anilines is 1. The first-order valence-corrected chi connectivity index (χ1v) is 7.62. The minimum Gasteiger partial charge on any atom is -0.497 e. The summed E-state index contributed by atoms with van der Waals surface area (Å²) in [5.41, 5.74) is 1.56. The fourth-order valence-corrected chi connectivity index (χ4v) is 1.92. The van der Waals surface area contributed by atoms with Crippen LogP contribution in [0.15, 0.2) is 48.5 Å². The highest BCUT2D eigenvalue weighted by molar-refractivity contribution is 5.89. The molecule has 0 bridgehead atoms. The molecule has 2 aromatic rings. The van der Waals surface area contributed by atoms with Crippen LogP contribution >= 0.6 is 0 Å². The Labute approximate surface area is 142 Å². The lowest BCUT2D eigenvalue weighted by Crippen LogP contribution is -2.28. The third-order valence-corrected chi connectivity index (χ3v) is 3.08. The summed E-state index contributed by atoms with van der Waals surface area (Å²) in [6, 6.07) is 14.3. The SMILES string of the molecule is CCOc1ccc(NC(=O)NCC#Cc2ccc(OC)cc2)cc1. The van der Waals surface area contributed by atoms with Crippen LogP contribution in [0.1, 0.15) is 12.5 Å². The van der Waals surface area contributed by atoms with Gasteiger partial charge in [-0.05, 0) is 55.5 Å². The van der Waals surface area contributed by atoms with Crippen LogP contribution in [0.5, 0.6) is 11.5 Å². The van der Waals surface area contributed by atoms with Crippen LogP contribution in [-0.4, -0.2) is 26.3 Å². The van der Waals surface area contributed by atoms with E-state index < -0.39 is 0 Å². The first-order valence-electron chi connectivity index (χ1n) is 7.62. The van der Waals surface area contributed by atoms with E-state index in [-0.39, 0.29) is 12.6 Å². The van der Waals surface area contributed by atoms with Crippen molar-refractivity contribution in [1.29, 1.82) is 0 Å². The Morgan fingerprint density at radius 2 is 1.71 bits per heavy atom. The molecule has 0 saturated heterocycles. The van der Waals surface area contributed by atoms with E-state index in [1.807, 2.05) is 43.3 Å². The van der Waals surface area contributed by atoms with Crippen molar-refractivity contribution in [3.63, 3.8) is 0 Å². The number of hydrogen-bond acceptors (Lipinski definition) is 3. The summed E-state index contributed by atoms with van der Waals surface area (Å²) in [5.74, 6) is 7.43. The fourth-order valence-electron chi connectivity index (χ4n) is 1.92. The number of hydrogen-bond donors (Lipinski definition) is 2. The Kier molecular flexibility index (Phi) is 6.54. The molecule has 0 aliphatic rings. The lowest BCUT2D eigenvalue weighted by molar-refractivity contribution is 0.253. The monoisotopic (exact) mass is 324 g/mol. The first kappa shape index (κ1) is 17.2. The van der Waals surface area contributed by atoms with E-state index >= 15 is 0 Å². The van der Waals surface area contributed by atoms with E-state index in [4.69, 9.17) is 9.47 Å². The molecule has 0 radical (unpaired) electrons. The molecule has 124 valence electrons. The maximum absolute atomic E-state index is 11.8. The Hall–Kier alpha value is -3.13. The molecule has 2 amide bonds. The lowest BCUT2D eigenvalue weighted by atomic mass is 10.2. The van der Waals surface area contributed by atoms with Gasteiger partial charge in [0.25, 0.3) is 0 Å². The molecule has 0 aliphatic carbocycles. The number of benzene rings is 2. The zero-order valence-corrected chi connectivity index (χ0v) is 13.8. The molecule has 2 N–H and O–H groups in total. The molecule has 0 atom stereocenters. The highest BCUT2D eigenvalue weighted by Gasteiger charge is 2.00. The van der Waals surface area contributed by atoms with Crippen LogP contribution in [0.25, 0.3) is 0 Å². The molecule has 0 saturated carbocycles. The second-order valence-corrected chi connectivity index (χ2v) is 4.80. The van der Waals surface area contributed by atoms with E-state index in [1.165, 1.54) is 0 Å². The Morgan fingerprint density at radius 3 is 2.33 bits per heavy atom. The predicted octanol–water partition coefficient (Wildman–Crippen LogP) is 3.27. The third-order valence-electron chi connectivity index (χ3n) is 3.08. The summed E-state index contributed by atoms with van der Waals surface area (Å²) in [4.78, 5) is 11.8. The summed E-state index contributed by atoms with van der Waals surface area (Å²) >= 11 is 0. The maximum Gasteiger partial charge on any atom is 0.319 e. The summed E-state index contributed by atoms with van der Waals surface area (Å²) in [6.07, 6.45) is 0. The van der Waals surface area contributed by atoms with Crippen LogP contribution in [0.4, 0.5) is 10.5 Å². The molecule has 0 aliphatic heterocycles. The second-order valence-electron chi connectivity index (χ2n) is 4.80. The standard InChI is InChI=1S/C19H20N2O3/c1-3-24-18-12-8-16(9-13-18)21-19(22)20-14-4-5-15-6-10-17(23-2)11-7-15/h6-13H,3,14H2,1-2H3,(H2,20,21,22). The number of carbonyl (C=O) groups is 1. The molecule has 2 aromatic carbocycles. The largest absolute Gasteiger partial charge is 0.497 e. The fraction of sp³-hybridized carbons (Fsp3) is 0.211. The Bertz CT molecular complexity index is 713. The Balaban J connectivity index is 1.77. The summed E-state index contributed by atoms with van der Waals surface area (Å²) < 4.78 is 10.4. The van der Waals surface area contributed by atoms with Crippen molar-refractivity contribution in [2.75, 3.05) is 25.6 Å². The minimum atomic E-state index is -0.303. The van der Waals surface area contributed by atoms with Crippen LogP contribution in [0.2, 0.25) is 0 Å². The number of ether oxygens (including phenoxy) is 2. The van der Waals surface area contributed by atoms with Crippen LogP contribution < -0.4 is 20.1 Å². The highest BCUT2D eigenvalue weighted by Crippen LogP contribution is 2.15. The van der Waals surface area contributed by atoms with Crippen molar-refractivity contribution in [3.8, 4) is 23.3 Å². The van der Waals surface area contributed by atoms with Crippen LogP contribution in [0.3, 0.4) is 0 Å². The second kappa shape index (κ2) is 9.11. The van der Waals surface area contributed by atoms with Crippen LogP contribution in [0, 0.1) is 11.8 Å². The van der Waals surface area contributed by atoms with Gasteiger partial charge in [-0.3, -0.25) is 0 Å². The van der Waals surface area contributed by atoms with Gasteiger partial charge in [0.1, 0.15) is 11.5 Å². The smallest absolute Gasteiger partial charge is 0.319 e. The van der Waals surface area contributed by atoms with E-state index in [0.29, 0.717) is 12.3 Å². The zero-order chi connectivity index (χ0) is 17.2. The van der Waals surface area contributed by atoms with Gasteiger partial charge in [0.05, 0.1) is 20.3 Å². The molecule has 5 heteroatoms. The molecule has 0 unspecified atom stereocenters. The highest BCUT2D eigenvalue weighted by atomic mass is 16.5. The number of nitrogens with one attached hydrogen (secondary N) is 2. The average Bonchev–Trinajstić information content (AvgIpc) is 2.61. The number of carbonyl (C=O) groups excluding carboxylic acids is 1. The maximum atomic E-state index is 11.8. The number of amides is 2. The summed E-state index contributed by atoms with van der Waals surface area (Å²) in [6.45, 7) is 2.79. The summed E-state index contributed by atoms with van der Waals surface area (Å²) in [5, 5.41) is 5.42.